The Labute approximate surface area is 172 Å². The van der Waals surface area contributed by atoms with E-state index in [1.165, 1.54) is 0 Å². The summed E-state index contributed by atoms with van der Waals surface area (Å²) in [4.78, 5) is 16.7. The molecule has 2 fully saturated rings. The van der Waals surface area contributed by atoms with Crippen molar-refractivity contribution in [3.05, 3.63) is 28.3 Å². The van der Waals surface area contributed by atoms with Crippen molar-refractivity contribution in [3.8, 4) is 5.75 Å². The van der Waals surface area contributed by atoms with Gasteiger partial charge in [-0.25, -0.2) is 0 Å². The highest BCUT2D eigenvalue weighted by atomic mass is 35.5. The average Bonchev–Trinajstić information content (AvgIpc) is 2.69. The van der Waals surface area contributed by atoms with Crippen LogP contribution in [0.3, 0.4) is 0 Å². The minimum atomic E-state index is -1.02. The molecular weight excluding hydrogens is 380 g/mol. The second kappa shape index (κ2) is 9.44. The second-order valence-electron chi connectivity index (χ2n) is 8.01. The Morgan fingerprint density at radius 3 is 2.61 bits per heavy atom. The summed E-state index contributed by atoms with van der Waals surface area (Å²) in [7, 11) is 0. The Hall–Kier alpha value is -1.34. The first-order chi connectivity index (χ1) is 13.4. The van der Waals surface area contributed by atoms with Crippen LogP contribution >= 0.6 is 11.6 Å². The number of nitrogens with zero attached hydrogens (tertiary/aromatic N) is 2. The molecule has 2 heterocycles. The van der Waals surface area contributed by atoms with E-state index in [-0.39, 0.29) is 12.5 Å². The Kier molecular flexibility index (Phi) is 7.20. The SMILES string of the molecule is Cc1cc(OCC2(O)CCCN(C(=O)CCN3CCOCC3)C2)cc(C)c1Cl. The van der Waals surface area contributed by atoms with Gasteiger partial charge in [0.2, 0.25) is 5.91 Å². The van der Waals surface area contributed by atoms with Crippen LogP contribution < -0.4 is 4.74 Å². The van der Waals surface area contributed by atoms with E-state index < -0.39 is 5.60 Å². The molecule has 2 aliphatic heterocycles. The van der Waals surface area contributed by atoms with E-state index >= 15 is 0 Å². The van der Waals surface area contributed by atoms with Crippen molar-refractivity contribution in [2.75, 3.05) is 52.5 Å². The molecule has 156 valence electrons. The number of amides is 1. The van der Waals surface area contributed by atoms with Crippen molar-refractivity contribution in [1.29, 1.82) is 0 Å². The quantitative estimate of drug-likeness (QED) is 0.780. The third-order valence-corrected chi connectivity index (χ3v) is 6.17. The number of aliphatic hydroxyl groups is 1. The molecule has 28 heavy (non-hydrogen) atoms. The molecule has 1 amide bonds. The number of aryl methyl sites for hydroxylation is 2. The minimum Gasteiger partial charge on any atom is -0.491 e. The fraction of sp³-hybridized carbons (Fsp3) is 0.667. The van der Waals surface area contributed by atoms with Gasteiger partial charge in [0, 0.05) is 37.6 Å². The van der Waals surface area contributed by atoms with Gasteiger partial charge in [0.25, 0.3) is 0 Å². The molecule has 1 aromatic rings. The average molecular weight is 411 g/mol. The van der Waals surface area contributed by atoms with E-state index in [4.69, 9.17) is 21.1 Å². The first kappa shape index (κ1) is 21.4. The molecule has 6 nitrogen and oxygen atoms in total. The number of carbonyl (C=O) groups is 1. The molecule has 0 bridgehead atoms. The monoisotopic (exact) mass is 410 g/mol. The number of hydrogen-bond acceptors (Lipinski definition) is 5. The van der Waals surface area contributed by atoms with Crippen LogP contribution in [-0.2, 0) is 9.53 Å². The topological polar surface area (TPSA) is 62.2 Å². The van der Waals surface area contributed by atoms with Crippen LogP contribution in [0.15, 0.2) is 12.1 Å². The molecule has 7 heteroatoms. The predicted molar refractivity (Wildman–Crippen MR) is 109 cm³/mol. The van der Waals surface area contributed by atoms with Gasteiger partial charge in [0.1, 0.15) is 18.0 Å². The zero-order valence-corrected chi connectivity index (χ0v) is 17.6. The summed E-state index contributed by atoms with van der Waals surface area (Å²) in [5.74, 6) is 0.798. The van der Waals surface area contributed by atoms with Crippen molar-refractivity contribution >= 4 is 17.5 Å². The summed E-state index contributed by atoms with van der Waals surface area (Å²) < 4.78 is 11.2. The lowest BCUT2D eigenvalue weighted by Gasteiger charge is -2.39. The minimum absolute atomic E-state index is 0.0998. The van der Waals surface area contributed by atoms with Gasteiger partial charge >= 0.3 is 0 Å². The molecule has 0 radical (unpaired) electrons. The highest BCUT2D eigenvalue weighted by molar-refractivity contribution is 6.32. The van der Waals surface area contributed by atoms with Crippen LogP contribution in [0.5, 0.6) is 5.75 Å². The maximum Gasteiger partial charge on any atom is 0.223 e. The molecule has 0 saturated carbocycles. The largest absolute Gasteiger partial charge is 0.491 e. The molecule has 1 aromatic carbocycles. The highest BCUT2D eigenvalue weighted by Gasteiger charge is 2.36. The molecule has 0 aromatic heterocycles. The third kappa shape index (κ3) is 5.60. The van der Waals surface area contributed by atoms with Crippen molar-refractivity contribution in [2.24, 2.45) is 0 Å². The lowest BCUT2D eigenvalue weighted by molar-refractivity contribution is -0.140. The molecule has 2 saturated heterocycles. The van der Waals surface area contributed by atoms with Gasteiger partial charge < -0.3 is 19.5 Å². The molecule has 1 atom stereocenters. The molecule has 1 N–H and O–H groups in total. The number of rotatable bonds is 6. The molecule has 0 aliphatic carbocycles. The Bertz CT molecular complexity index is 670. The van der Waals surface area contributed by atoms with Crippen LogP contribution in [0.25, 0.3) is 0 Å². The summed E-state index contributed by atoms with van der Waals surface area (Å²) in [6.07, 6.45) is 1.89. The van der Waals surface area contributed by atoms with Gasteiger partial charge in [-0.2, -0.15) is 0 Å². The molecule has 0 spiro atoms. The van der Waals surface area contributed by atoms with E-state index in [0.29, 0.717) is 31.7 Å². The second-order valence-corrected chi connectivity index (χ2v) is 8.38. The van der Waals surface area contributed by atoms with Crippen molar-refractivity contribution in [3.63, 3.8) is 0 Å². The normalized spacial score (nSPS) is 23.6. The molecular formula is C21H31ClN2O4. The number of hydrogen-bond donors (Lipinski definition) is 1. The molecule has 2 aliphatic rings. The van der Waals surface area contributed by atoms with Gasteiger partial charge in [-0.1, -0.05) is 11.6 Å². The zero-order valence-electron chi connectivity index (χ0n) is 16.9. The summed E-state index contributed by atoms with van der Waals surface area (Å²) in [6.45, 7) is 9.04. The number of β-amino-alcohol motifs (C(OH)–C–C–N with tert-alkyl or cyclic N) is 1. The van der Waals surface area contributed by atoms with Gasteiger partial charge in [0.15, 0.2) is 0 Å². The van der Waals surface area contributed by atoms with Crippen molar-refractivity contribution in [2.45, 2.75) is 38.7 Å². The van der Waals surface area contributed by atoms with Crippen LogP contribution in [0.2, 0.25) is 5.02 Å². The Morgan fingerprint density at radius 2 is 1.93 bits per heavy atom. The number of halogens is 1. The molecule has 1 unspecified atom stereocenters. The first-order valence-electron chi connectivity index (χ1n) is 10.1. The Morgan fingerprint density at radius 1 is 1.25 bits per heavy atom. The number of likely N-dealkylation sites (tertiary alicyclic amines) is 1. The van der Waals surface area contributed by atoms with Crippen LogP contribution in [0.1, 0.15) is 30.4 Å². The van der Waals surface area contributed by atoms with Crippen LogP contribution in [-0.4, -0.2) is 79.0 Å². The fourth-order valence-electron chi connectivity index (χ4n) is 3.89. The molecule has 3 rings (SSSR count). The first-order valence-corrected chi connectivity index (χ1v) is 10.4. The van der Waals surface area contributed by atoms with Crippen LogP contribution in [0.4, 0.5) is 0 Å². The predicted octanol–water partition coefficient (Wildman–Crippen LogP) is 2.41. The highest BCUT2D eigenvalue weighted by Crippen LogP contribution is 2.28. The lowest BCUT2D eigenvalue weighted by atomic mass is 9.93. The van der Waals surface area contributed by atoms with E-state index in [9.17, 15) is 9.90 Å². The smallest absolute Gasteiger partial charge is 0.223 e. The fourth-order valence-corrected chi connectivity index (χ4v) is 4.00. The zero-order chi connectivity index (χ0) is 20.1. The van der Waals surface area contributed by atoms with Crippen molar-refractivity contribution < 1.29 is 19.4 Å². The maximum atomic E-state index is 12.6. The summed E-state index contributed by atoms with van der Waals surface area (Å²) in [5.41, 5.74) is 0.883. The lowest BCUT2D eigenvalue weighted by Crippen LogP contribution is -2.53. The van der Waals surface area contributed by atoms with Gasteiger partial charge in [0.05, 0.1) is 19.8 Å². The summed E-state index contributed by atoms with van der Waals surface area (Å²) in [5, 5.41) is 11.7. The van der Waals surface area contributed by atoms with E-state index in [1.54, 1.807) is 4.90 Å². The number of piperidine rings is 1. The number of benzene rings is 1. The summed E-state index contributed by atoms with van der Waals surface area (Å²) >= 11 is 6.21. The number of morpholine rings is 1. The van der Waals surface area contributed by atoms with E-state index in [2.05, 4.69) is 4.90 Å². The summed E-state index contributed by atoms with van der Waals surface area (Å²) in [6, 6.07) is 3.76. The maximum absolute atomic E-state index is 12.6. The van der Waals surface area contributed by atoms with E-state index in [1.807, 2.05) is 26.0 Å². The van der Waals surface area contributed by atoms with Gasteiger partial charge in [-0.05, 0) is 49.9 Å². The number of ether oxygens (including phenoxy) is 2. The van der Waals surface area contributed by atoms with Crippen LogP contribution in [0, 0.1) is 13.8 Å². The Balaban J connectivity index is 1.51. The van der Waals surface area contributed by atoms with Crippen molar-refractivity contribution in [1.82, 2.24) is 9.80 Å². The standard InChI is InChI=1S/C21H31ClN2O4/c1-16-12-18(13-17(2)20(16)22)28-15-21(26)5-3-6-24(14-21)19(25)4-7-23-8-10-27-11-9-23/h12-13,26H,3-11,14-15H2,1-2H3. The number of carbonyl (C=O) groups excluding carboxylic acids is 1. The van der Waals surface area contributed by atoms with Gasteiger partial charge in [-0.3, -0.25) is 9.69 Å². The van der Waals surface area contributed by atoms with E-state index in [0.717, 1.165) is 55.4 Å². The third-order valence-electron chi connectivity index (χ3n) is 5.57. The van der Waals surface area contributed by atoms with Gasteiger partial charge in [-0.15, -0.1) is 0 Å².